The Labute approximate surface area is 124 Å². The monoisotopic (exact) mass is 297 g/mol. The highest BCUT2D eigenvalue weighted by Crippen LogP contribution is 2.20. The van der Waals surface area contributed by atoms with Gasteiger partial charge in [0, 0.05) is 23.3 Å². The molecule has 3 N–H and O–H groups in total. The lowest BCUT2D eigenvalue weighted by atomic mass is 10.1. The molecule has 110 valence electrons. The molecular weight excluding hydrogens is 278 g/mol. The first-order chi connectivity index (χ1) is 9.43. The van der Waals surface area contributed by atoms with Gasteiger partial charge in [-0.1, -0.05) is 11.6 Å². The van der Waals surface area contributed by atoms with E-state index in [0.29, 0.717) is 22.8 Å². The van der Waals surface area contributed by atoms with E-state index in [9.17, 15) is 9.59 Å². The summed E-state index contributed by atoms with van der Waals surface area (Å²) >= 11 is 5.91. The molecule has 0 unspecified atom stereocenters. The summed E-state index contributed by atoms with van der Waals surface area (Å²) in [5.41, 5.74) is 1.12. The average Bonchev–Trinajstić information content (AvgIpc) is 2.37. The van der Waals surface area contributed by atoms with Crippen LogP contribution in [0, 0.1) is 0 Å². The minimum absolute atomic E-state index is 0.0443. The molecule has 0 heterocycles. The molecule has 0 bridgehead atoms. The number of anilines is 1. The largest absolute Gasteiger partial charge is 0.385 e. The number of hydrogen-bond donors (Lipinski definition) is 3. The summed E-state index contributed by atoms with van der Waals surface area (Å²) < 4.78 is 0. The van der Waals surface area contributed by atoms with Crippen molar-refractivity contribution in [3.63, 3.8) is 0 Å². The van der Waals surface area contributed by atoms with Crippen molar-refractivity contribution in [2.45, 2.75) is 26.8 Å². The van der Waals surface area contributed by atoms with E-state index in [1.54, 1.807) is 18.2 Å². The van der Waals surface area contributed by atoms with Gasteiger partial charge in [-0.15, -0.1) is 0 Å². The molecule has 0 atom stereocenters. The fourth-order valence-electron chi connectivity index (χ4n) is 1.68. The van der Waals surface area contributed by atoms with Gasteiger partial charge in [-0.2, -0.15) is 0 Å². The van der Waals surface area contributed by atoms with E-state index < -0.39 is 0 Å². The quantitative estimate of drug-likeness (QED) is 0.752. The van der Waals surface area contributed by atoms with Crippen molar-refractivity contribution >= 4 is 29.1 Å². The second-order valence-corrected chi connectivity index (χ2v) is 5.06. The van der Waals surface area contributed by atoms with Crippen LogP contribution in [0.5, 0.6) is 0 Å². The molecule has 20 heavy (non-hydrogen) atoms. The van der Waals surface area contributed by atoms with E-state index in [2.05, 4.69) is 16.0 Å². The van der Waals surface area contributed by atoms with Gasteiger partial charge in [0.25, 0.3) is 5.91 Å². The molecule has 2 amide bonds. The number of carbonyl (C=O) groups is 2. The maximum absolute atomic E-state index is 12.1. The first-order valence-electron chi connectivity index (χ1n) is 6.55. The Kier molecular flexibility index (Phi) is 6.31. The van der Waals surface area contributed by atoms with Crippen molar-refractivity contribution in [1.82, 2.24) is 10.6 Å². The summed E-state index contributed by atoms with van der Waals surface area (Å²) in [7, 11) is 0. The Morgan fingerprint density at radius 3 is 2.60 bits per heavy atom. The fraction of sp³-hybridized carbons (Fsp3) is 0.429. The van der Waals surface area contributed by atoms with Crippen LogP contribution in [0.4, 0.5) is 5.69 Å². The molecule has 0 saturated carbocycles. The van der Waals surface area contributed by atoms with E-state index in [-0.39, 0.29) is 24.4 Å². The van der Waals surface area contributed by atoms with Gasteiger partial charge in [0.05, 0.1) is 12.1 Å². The number of amides is 2. The molecule has 5 nitrogen and oxygen atoms in total. The summed E-state index contributed by atoms with van der Waals surface area (Å²) in [6.45, 7) is 6.29. The zero-order valence-electron chi connectivity index (χ0n) is 11.9. The number of nitrogens with one attached hydrogen (secondary N) is 3. The van der Waals surface area contributed by atoms with Crippen LogP contribution in [0.1, 0.15) is 31.1 Å². The molecule has 6 heteroatoms. The summed E-state index contributed by atoms with van der Waals surface area (Å²) in [6.07, 6.45) is 0. The topological polar surface area (TPSA) is 70.2 Å². The summed E-state index contributed by atoms with van der Waals surface area (Å²) in [5, 5.41) is 8.85. The van der Waals surface area contributed by atoms with Gasteiger partial charge < -0.3 is 16.0 Å². The zero-order chi connectivity index (χ0) is 15.1. The van der Waals surface area contributed by atoms with Gasteiger partial charge in [-0.05, 0) is 39.0 Å². The summed E-state index contributed by atoms with van der Waals surface area (Å²) in [5.74, 6) is -0.553. The molecule has 0 aromatic heterocycles. The van der Waals surface area contributed by atoms with Crippen molar-refractivity contribution in [3.05, 3.63) is 28.8 Å². The number of carbonyl (C=O) groups excluding carboxylic acids is 2. The third-order valence-electron chi connectivity index (χ3n) is 2.45. The predicted molar refractivity (Wildman–Crippen MR) is 81.2 cm³/mol. The predicted octanol–water partition coefficient (Wildman–Crippen LogP) is 2.03. The molecule has 1 rings (SSSR count). The highest BCUT2D eigenvalue weighted by molar-refractivity contribution is 6.31. The zero-order valence-corrected chi connectivity index (χ0v) is 12.7. The molecule has 0 saturated heterocycles. The van der Waals surface area contributed by atoms with Crippen LogP contribution < -0.4 is 16.0 Å². The minimum atomic E-state index is -0.331. The van der Waals surface area contributed by atoms with Crippen molar-refractivity contribution in [2.75, 3.05) is 18.4 Å². The molecule has 0 aliphatic heterocycles. The Morgan fingerprint density at radius 2 is 2.00 bits per heavy atom. The van der Waals surface area contributed by atoms with Gasteiger partial charge in [-0.3, -0.25) is 9.59 Å². The maximum atomic E-state index is 12.1. The second kappa shape index (κ2) is 7.75. The normalized spacial score (nSPS) is 10.2. The van der Waals surface area contributed by atoms with E-state index in [4.69, 9.17) is 11.6 Å². The number of rotatable bonds is 6. The highest BCUT2D eigenvalue weighted by atomic mass is 35.5. The molecular formula is C14H20ClN3O2. The lowest BCUT2D eigenvalue weighted by Crippen LogP contribution is -2.39. The maximum Gasteiger partial charge on any atom is 0.253 e. The summed E-state index contributed by atoms with van der Waals surface area (Å²) in [4.78, 5) is 23.6. The lowest BCUT2D eigenvalue weighted by molar-refractivity contribution is -0.120. The second-order valence-electron chi connectivity index (χ2n) is 4.63. The first kappa shape index (κ1) is 16.3. The van der Waals surface area contributed by atoms with Gasteiger partial charge in [0.2, 0.25) is 5.91 Å². The van der Waals surface area contributed by atoms with E-state index in [1.807, 2.05) is 20.8 Å². The van der Waals surface area contributed by atoms with Crippen LogP contribution in [0.2, 0.25) is 5.02 Å². The molecule has 0 radical (unpaired) electrons. The van der Waals surface area contributed by atoms with Crippen LogP contribution in [-0.4, -0.2) is 30.9 Å². The smallest absolute Gasteiger partial charge is 0.253 e. The van der Waals surface area contributed by atoms with Crippen LogP contribution in [-0.2, 0) is 4.79 Å². The average molecular weight is 298 g/mol. The number of halogens is 1. The van der Waals surface area contributed by atoms with Crippen molar-refractivity contribution in [3.8, 4) is 0 Å². The van der Waals surface area contributed by atoms with Crippen LogP contribution in [0.15, 0.2) is 18.2 Å². The van der Waals surface area contributed by atoms with Crippen molar-refractivity contribution in [2.24, 2.45) is 0 Å². The van der Waals surface area contributed by atoms with Crippen LogP contribution in [0.3, 0.4) is 0 Å². The molecule has 0 fully saturated rings. The first-order valence-corrected chi connectivity index (χ1v) is 6.92. The molecule has 1 aromatic carbocycles. The SMILES string of the molecule is CCNc1ccc(Cl)cc1C(=O)NCC(=O)NC(C)C. The van der Waals surface area contributed by atoms with Gasteiger partial charge in [0.15, 0.2) is 0 Å². The highest BCUT2D eigenvalue weighted by Gasteiger charge is 2.13. The van der Waals surface area contributed by atoms with E-state index in [1.165, 1.54) is 0 Å². The molecule has 0 aliphatic carbocycles. The fourth-order valence-corrected chi connectivity index (χ4v) is 1.85. The third kappa shape index (κ3) is 5.09. The number of benzene rings is 1. The minimum Gasteiger partial charge on any atom is -0.385 e. The Hall–Kier alpha value is -1.75. The van der Waals surface area contributed by atoms with E-state index >= 15 is 0 Å². The van der Waals surface area contributed by atoms with Crippen molar-refractivity contribution < 1.29 is 9.59 Å². The number of hydrogen-bond acceptors (Lipinski definition) is 3. The Balaban J connectivity index is 2.71. The van der Waals surface area contributed by atoms with Gasteiger partial charge >= 0.3 is 0 Å². The lowest BCUT2D eigenvalue weighted by Gasteiger charge is -2.12. The Bertz CT molecular complexity index is 489. The standard InChI is InChI=1S/C14H20ClN3O2/c1-4-16-12-6-5-10(15)7-11(12)14(20)17-8-13(19)18-9(2)3/h5-7,9,16H,4,8H2,1-3H3,(H,17,20)(H,18,19). The molecule has 0 spiro atoms. The van der Waals surface area contributed by atoms with Crippen LogP contribution >= 0.6 is 11.6 Å². The summed E-state index contributed by atoms with van der Waals surface area (Å²) in [6, 6.07) is 5.08. The van der Waals surface area contributed by atoms with E-state index in [0.717, 1.165) is 0 Å². The molecule has 1 aromatic rings. The molecule has 0 aliphatic rings. The third-order valence-corrected chi connectivity index (χ3v) is 2.69. The van der Waals surface area contributed by atoms with Crippen molar-refractivity contribution in [1.29, 1.82) is 0 Å². The van der Waals surface area contributed by atoms with Gasteiger partial charge in [0.1, 0.15) is 0 Å². The van der Waals surface area contributed by atoms with Crippen LogP contribution in [0.25, 0.3) is 0 Å². The Morgan fingerprint density at radius 1 is 1.30 bits per heavy atom. The van der Waals surface area contributed by atoms with Gasteiger partial charge in [-0.25, -0.2) is 0 Å².